The van der Waals surface area contributed by atoms with Crippen molar-refractivity contribution < 1.29 is 4.79 Å². The van der Waals surface area contributed by atoms with E-state index in [1.807, 2.05) is 36.7 Å². The number of thioether (sulfide) groups is 1. The Balaban J connectivity index is 1.70. The summed E-state index contributed by atoms with van der Waals surface area (Å²) < 4.78 is 4.17. The van der Waals surface area contributed by atoms with Crippen LogP contribution in [0.15, 0.2) is 35.7 Å². The Hall–Kier alpha value is -2.41. The molecule has 0 aliphatic heterocycles. The second kappa shape index (κ2) is 8.73. The molecule has 3 rings (SSSR count). The fourth-order valence-corrected chi connectivity index (χ4v) is 4.01. The highest BCUT2D eigenvalue weighted by Gasteiger charge is 2.18. The Morgan fingerprint density at radius 1 is 1.18 bits per heavy atom. The average Bonchev–Trinajstić information content (AvgIpc) is 3.18. The second-order valence-electron chi connectivity index (χ2n) is 7.43. The summed E-state index contributed by atoms with van der Waals surface area (Å²) in [7, 11) is 1.92. The summed E-state index contributed by atoms with van der Waals surface area (Å²) in [6, 6.07) is 5.81. The summed E-state index contributed by atoms with van der Waals surface area (Å²) in [5, 5.41) is 9.24. The van der Waals surface area contributed by atoms with Gasteiger partial charge in [0.15, 0.2) is 16.8 Å². The number of pyridine rings is 1. The van der Waals surface area contributed by atoms with Gasteiger partial charge >= 0.3 is 0 Å². The van der Waals surface area contributed by atoms with Gasteiger partial charge in [-0.1, -0.05) is 25.6 Å². The van der Waals surface area contributed by atoms with Crippen LogP contribution in [-0.4, -0.2) is 35.9 Å². The number of carbonyl (C=O) groups is 1. The molecular weight excluding hydrogens is 370 g/mol. The molecule has 0 unspecified atom stereocenters. The summed E-state index contributed by atoms with van der Waals surface area (Å²) in [4.78, 5) is 16.9. The predicted molar refractivity (Wildman–Crippen MR) is 113 cm³/mol. The van der Waals surface area contributed by atoms with Gasteiger partial charge in [-0.15, -0.1) is 10.2 Å². The third-order valence-corrected chi connectivity index (χ3v) is 5.93. The number of carbonyl (C=O) groups excluding carboxylic acids is 1. The minimum Gasteiger partial charge on any atom is -0.348 e. The molecule has 0 aromatic carbocycles. The molecule has 0 saturated heterocycles. The molecule has 0 atom stereocenters. The summed E-state index contributed by atoms with van der Waals surface area (Å²) >= 11 is 1.42. The first-order valence-corrected chi connectivity index (χ1v) is 10.5. The molecule has 0 amide bonds. The number of Topliss-reactive ketones (excluding diaryl/α,β-unsaturated/α-hetero) is 1. The van der Waals surface area contributed by atoms with E-state index in [1.54, 1.807) is 12.4 Å². The number of aromatic nitrogens is 5. The van der Waals surface area contributed by atoms with Gasteiger partial charge in [-0.05, 0) is 44.4 Å². The molecule has 0 radical (unpaired) electrons. The van der Waals surface area contributed by atoms with Crippen molar-refractivity contribution in [2.75, 3.05) is 5.75 Å². The lowest BCUT2D eigenvalue weighted by molar-refractivity contribution is 0.102. The van der Waals surface area contributed by atoms with E-state index < -0.39 is 0 Å². The maximum atomic E-state index is 12.8. The molecule has 0 spiro atoms. The van der Waals surface area contributed by atoms with Crippen LogP contribution in [0.5, 0.6) is 0 Å². The van der Waals surface area contributed by atoms with E-state index in [9.17, 15) is 4.79 Å². The van der Waals surface area contributed by atoms with E-state index in [0.29, 0.717) is 11.7 Å². The molecule has 148 valence electrons. The van der Waals surface area contributed by atoms with Crippen LogP contribution < -0.4 is 0 Å². The topological polar surface area (TPSA) is 65.6 Å². The molecule has 7 heteroatoms. The van der Waals surface area contributed by atoms with Crippen LogP contribution in [0.2, 0.25) is 0 Å². The van der Waals surface area contributed by atoms with Gasteiger partial charge in [0.2, 0.25) is 0 Å². The van der Waals surface area contributed by atoms with Gasteiger partial charge in [0.25, 0.3) is 0 Å². The summed E-state index contributed by atoms with van der Waals surface area (Å²) in [6.45, 7) is 9.50. The van der Waals surface area contributed by atoms with Gasteiger partial charge in [0, 0.05) is 48.5 Å². The van der Waals surface area contributed by atoms with Crippen LogP contribution in [0.4, 0.5) is 0 Å². The molecular formula is C21H27N5OS. The fourth-order valence-electron chi connectivity index (χ4n) is 3.22. The Labute approximate surface area is 170 Å². The second-order valence-corrected chi connectivity index (χ2v) is 8.37. The van der Waals surface area contributed by atoms with Crippen molar-refractivity contribution in [3.63, 3.8) is 0 Å². The number of rotatable bonds is 8. The zero-order chi connectivity index (χ0) is 20.3. The van der Waals surface area contributed by atoms with Crippen molar-refractivity contribution in [3.05, 3.63) is 47.5 Å². The number of ketones is 1. The van der Waals surface area contributed by atoms with Crippen LogP contribution in [0.25, 0.3) is 11.4 Å². The third-order valence-electron chi connectivity index (χ3n) is 4.91. The quantitative estimate of drug-likeness (QED) is 0.418. The van der Waals surface area contributed by atoms with Crippen LogP contribution in [0.1, 0.15) is 42.0 Å². The zero-order valence-corrected chi connectivity index (χ0v) is 18.0. The number of hydrogen-bond acceptors (Lipinski definition) is 5. The molecule has 0 fully saturated rings. The van der Waals surface area contributed by atoms with Crippen molar-refractivity contribution in [1.29, 1.82) is 0 Å². The largest absolute Gasteiger partial charge is 0.348 e. The fraction of sp³-hybridized carbons (Fsp3) is 0.429. The monoisotopic (exact) mass is 397 g/mol. The van der Waals surface area contributed by atoms with E-state index in [2.05, 4.69) is 40.5 Å². The third kappa shape index (κ3) is 4.35. The summed E-state index contributed by atoms with van der Waals surface area (Å²) in [5.41, 5.74) is 3.96. The minimum absolute atomic E-state index is 0.127. The van der Waals surface area contributed by atoms with Crippen molar-refractivity contribution in [1.82, 2.24) is 24.3 Å². The summed E-state index contributed by atoms with van der Waals surface area (Å²) in [5.74, 6) is 1.88. The van der Waals surface area contributed by atoms with Crippen molar-refractivity contribution in [2.45, 2.75) is 45.8 Å². The highest BCUT2D eigenvalue weighted by molar-refractivity contribution is 7.99. The molecule has 3 aromatic rings. The first kappa shape index (κ1) is 20.3. The SMILES string of the molecule is Cc1cc(C(=O)CSc2nnc(-c3ccncc3)n2C)c(C)n1CCC(C)C. The van der Waals surface area contributed by atoms with E-state index in [4.69, 9.17) is 0 Å². The van der Waals surface area contributed by atoms with Gasteiger partial charge in [0.1, 0.15) is 0 Å². The molecule has 3 aromatic heterocycles. The number of nitrogens with zero attached hydrogens (tertiary/aromatic N) is 5. The van der Waals surface area contributed by atoms with Crippen molar-refractivity contribution in [2.24, 2.45) is 13.0 Å². The van der Waals surface area contributed by atoms with Crippen LogP contribution in [0, 0.1) is 19.8 Å². The molecule has 28 heavy (non-hydrogen) atoms. The highest BCUT2D eigenvalue weighted by atomic mass is 32.2. The minimum atomic E-state index is 0.127. The van der Waals surface area contributed by atoms with Gasteiger partial charge < -0.3 is 9.13 Å². The van der Waals surface area contributed by atoms with Gasteiger partial charge in [-0.25, -0.2) is 0 Å². The maximum absolute atomic E-state index is 12.8. The Kier molecular flexibility index (Phi) is 6.34. The molecule has 0 bridgehead atoms. The van der Waals surface area contributed by atoms with E-state index in [0.717, 1.165) is 46.5 Å². The maximum Gasteiger partial charge on any atom is 0.191 e. The van der Waals surface area contributed by atoms with Crippen LogP contribution in [-0.2, 0) is 13.6 Å². The Bertz CT molecular complexity index is 959. The van der Waals surface area contributed by atoms with Gasteiger partial charge in [-0.3, -0.25) is 9.78 Å². The first-order valence-electron chi connectivity index (χ1n) is 9.51. The standard InChI is InChI=1S/C21H27N5OS/c1-14(2)8-11-26-15(3)12-18(16(26)4)19(27)13-28-21-24-23-20(25(21)5)17-6-9-22-10-7-17/h6-7,9-10,12,14H,8,11,13H2,1-5H3. The van der Waals surface area contributed by atoms with E-state index in [-0.39, 0.29) is 5.78 Å². The lowest BCUT2D eigenvalue weighted by Crippen LogP contribution is -2.08. The Morgan fingerprint density at radius 2 is 1.89 bits per heavy atom. The van der Waals surface area contributed by atoms with Crippen molar-refractivity contribution in [3.8, 4) is 11.4 Å². The van der Waals surface area contributed by atoms with Crippen molar-refractivity contribution >= 4 is 17.5 Å². The Morgan fingerprint density at radius 3 is 2.57 bits per heavy atom. The number of hydrogen-bond donors (Lipinski definition) is 0. The van der Waals surface area contributed by atoms with E-state index >= 15 is 0 Å². The molecule has 0 aliphatic carbocycles. The first-order chi connectivity index (χ1) is 13.4. The lowest BCUT2D eigenvalue weighted by atomic mass is 10.1. The van der Waals surface area contributed by atoms with E-state index in [1.165, 1.54) is 11.8 Å². The molecule has 3 heterocycles. The van der Waals surface area contributed by atoms with Crippen LogP contribution >= 0.6 is 11.8 Å². The number of aryl methyl sites for hydroxylation is 1. The van der Waals surface area contributed by atoms with Crippen LogP contribution in [0.3, 0.4) is 0 Å². The van der Waals surface area contributed by atoms with Gasteiger partial charge in [-0.2, -0.15) is 0 Å². The highest BCUT2D eigenvalue weighted by Crippen LogP contribution is 2.24. The molecule has 0 aliphatic rings. The molecule has 0 saturated carbocycles. The molecule has 0 N–H and O–H groups in total. The predicted octanol–water partition coefficient (Wildman–Crippen LogP) is 4.32. The molecule has 6 nitrogen and oxygen atoms in total. The summed E-state index contributed by atoms with van der Waals surface area (Å²) in [6.07, 6.45) is 4.57. The zero-order valence-electron chi connectivity index (χ0n) is 17.1. The van der Waals surface area contributed by atoms with Gasteiger partial charge in [0.05, 0.1) is 5.75 Å². The average molecular weight is 398 g/mol. The smallest absolute Gasteiger partial charge is 0.191 e. The lowest BCUT2D eigenvalue weighted by Gasteiger charge is -2.11. The normalized spacial score (nSPS) is 11.4.